The Morgan fingerprint density at radius 3 is 2.37 bits per heavy atom. The van der Waals surface area contributed by atoms with Crippen molar-refractivity contribution in [3.05, 3.63) is 102 Å². The van der Waals surface area contributed by atoms with Gasteiger partial charge in [-0.3, -0.25) is 0 Å². The molecule has 1 heterocycles. The topological polar surface area (TPSA) is 60.5 Å². The monoisotopic (exact) mass is 466 g/mol. The molecule has 0 aliphatic carbocycles. The minimum atomic E-state index is -0.522. The fraction of sp³-hybridized carbons (Fsp3) is 0.200. The molecule has 0 radical (unpaired) electrons. The van der Waals surface area contributed by atoms with Gasteiger partial charge in [-0.05, 0) is 42.2 Å². The van der Waals surface area contributed by atoms with Crippen LogP contribution in [0.4, 0.5) is 0 Å². The number of para-hydroxylation sites is 2. The minimum Gasteiger partial charge on any atom is -0.493 e. The van der Waals surface area contributed by atoms with Crippen molar-refractivity contribution in [3.8, 4) is 17.0 Å². The second-order valence-electron chi connectivity index (χ2n) is 9.30. The molecule has 0 aliphatic heterocycles. The van der Waals surface area contributed by atoms with Crippen LogP contribution < -0.4 is 10.2 Å². The van der Waals surface area contributed by atoms with E-state index in [4.69, 9.17) is 14.6 Å². The number of fused-ring (bicyclic) bond motifs is 1. The van der Waals surface area contributed by atoms with Crippen molar-refractivity contribution in [2.75, 3.05) is 6.61 Å². The largest absolute Gasteiger partial charge is 0.493 e. The Morgan fingerprint density at radius 2 is 1.66 bits per heavy atom. The van der Waals surface area contributed by atoms with E-state index < -0.39 is 5.97 Å². The molecule has 4 rings (SSSR count). The lowest BCUT2D eigenvalue weighted by molar-refractivity contribution is 0.0372. The molecule has 5 heteroatoms. The highest BCUT2D eigenvalue weighted by Crippen LogP contribution is 2.32. The van der Waals surface area contributed by atoms with Crippen molar-refractivity contribution in [2.45, 2.75) is 33.1 Å². The highest BCUT2D eigenvalue weighted by molar-refractivity contribution is 6.04. The normalized spacial score (nSPS) is 11.2. The van der Waals surface area contributed by atoms with Crippen LogP contribution in [0.25, 0.3) is 27.9 Å². The molecule has 0 amide bonds. The third-order valence-corrected chi connectivity index (χ3v) is 5.77. The molecule has 0 fully saturated rings. The van der Waals surface area contributed by atoms with E-state index >= 15 is 0 Å². The van der Waals surface area contributed by atoms with Gasteiger partial charge in [0.25, 0.3) is 0 Å². The van der Waals surface area contributed by atoms with Crippen LogP contribution in [-0.2, 0) is 10.3 Å². The van der Waals surface area contributed by atoms with Crippen LogP contribution in [-0.4, -0.2) is 17.6 Å². The average molecular weight is 467 g/mol. The molecule has 3 aromatic carbocycles. The van der Waals surface area contributed by atoms with Crippen molar-refractivity contribution < 1.29 is 14.4 Å². The van der Waals surface area contributed by atoms with E-state index in [9.17, 15) is 4.79 Å². The molecule has 0 unspecified atom stereocenters. The number of benzene rings is 3. The van der Waals surface area contributed by atoms with Gasteiger partial charge >= 0.3 is 5.97 Å². The number of nitrogens with zero attached hydrogens (tertiary/aromatic N) is 1. The molecule has 0 atom stereocenters. The molecule has 0 bridgehead atoms. The van der Waals surface area contributed by atoms with Crippen LogP contribution in [0.5, 0.6) is 5.75 Å². The van der Waals surface area contributed by atoms with Crippen molar-refractivity contribution >= 4 is 22.6 Å². The molecular formula is C30H30N2O3. The van der Waals surface area contributed by atoms with Gasteiger partial charge in [-0.25, -0.2) is 15.3 Å². The Morgan fingerprint density at radius 1 is 0.971 bits per heavy atom. The van der Waals surface area contributed by atoms with Crippen LogP contribution in [0.2, 0.25) is 0 Å². The number of hydrogen-bond donors (Lipinski definition) is 1. The lowest BCUT2D eigenvalue weighted by Crippen LogP contribution is -2.19. The van der Waals surface area contributed by atoms with Gasteiger partial charge in [-0.2, -0.15) is 0 Å². The van der Waals surface area contributed by atoms with Gasteiger partial charge in [0, 0.05) is 16.5 Å². The molecule has 0 saturated heterocycles. The van der Waals surface area contributed by atoms with Crippen LogP contribution >= 0.6 is 0 Å². The maximum Gasteiger partial charge on any atom is 0.363 e. The summed E-state index contributed by atoms with van der Waals surface area (Å²) in [5.74, 6) is 0.188. The van der Waals surface area contributed by atoms with E-state index in [1.807, 2.05) is 67.6 Å². The van der Waals surface area contributed by atoms with E-state index in [2.05, 4.69) is 45.0 Å². The Balaban J connectivity index is 1.61. The Labute approximate surface area is 206 Å². The van der Waals surface area contributed by atoms with Gasteiger partial charge in [-0.1, -0.05) is 81.9 Å². The number of hydrogen-bond acceptors (Lipinski definition) is 5. The van der Waals surface area contributed by atoms with Crippen LogP contribution in [0.3, 0.4) is 0 Å². The third-order valence-electron chi connectivity index (χ3n) is 5.77. The van der Waals surface area contributed by atoms with E-state index in [1.54, 1.807) is 6.07 Å². The first kappa shape index (κ1) is 24.0. The number of ether oxygens (including phenoxy) is 1. The Kier molecular flexibility index (Phi) is 6.87. The maximum atomic E-state index is 13.2. The summed E-state index contributed by atoms with van der Waals surface area (Å²) in [5.41, 5.74) is 7.88. The molecule has 0 aliphatic rings. The van der Waals surface area contributed by atoms with E-state index in [0.29, 0.717) is 40.2 Å². The highest BCUT2D eigenvalue weighted by Gasteiger charge is 2.18. The Bertz CT molecular complexity index is 1370. The van der Waals surface area contributed by atoms with Crippen molar-refractivity contribution in [1.82, 2.24) is 10.5 Å². The van der Waals surface area contributed by atoms with Gasteiger partial charge in [0.1, 0.15) is 5.75 Å². The van der Waals surface area contributed by atoms with E-state index in [0.717, 1.165) is 11.1 Å². The van der Waals surface area contributed by atoms with Crippen molar-refractivity contribution in [3.63, 3.8) is 0 Å². The van der Waals surface area contributed by atoms with E-state index in [-0.39, 0.29) is 5.41 Å². The zero-order valence-electron chi connectivity index (χ0n) is 20.6. The van der Waals surface area contributed by atoms with Gasteiger partial charge < -0.3 is 9.57 Å². The summed E-state index contributed by atoms with van der Waals surface area (Å²) in [6.07, 6.45) is 0. The van der Waals surface area contributed by atoms with E-state index in [1.165, 1.54) is 5.56 Å². The smallest absolute Gasteiger partial charge is 0.363 e. The average Bonchev–Trinajstić information content (AvgIpc) is 2.86. The molecule has 4 aromatic rings. The number of aromatic nitrogens is 1. The van der Waals surface area contributed by atoms with Gasteiger partial charge in [-0.15, -0.1) is 0 Å². The summed E-state index contributed by atoms with van der Waals surface area (Å²) in [6.45, 7) is 13.0. The molecule has 0 saturated carbocycles. The van der Waals surface area contributed by atoms with Crippen LogP contribution in [0.1, 0.15) is 49.2 Å². The molecule has 178 valence electrons. The molecular weight excluding hydrogens is 436 g/mol. The zero-order chi connectivity index (χ0) is 25.0. The summed E-state index contributed by atoms with van der Waals surface area (Å²) >= 11 is 0. The number of rotatable bonds is 7. The van der Waals surface area contributed by atoms with Gasteiger partial charge in [0.2, 0.25) is 0 Å². The molecule has 35 heavy (non-hydrogen) atoms. The first-order valence-corrected chi connectivity index (χ1v) is 11.7. The van der Waals surface area contributed by atoms with Crippen molar-refractivity contribution in [1.29, 1.82) is 0 Å². The SMILES string of the molecule is C=C(NOC(=O)c1cc(-c2ccccc2OCC)nc2ccccc12)c1ccc(C(C)(C)C)cc1. The maximum absolute atomic E-state index is 13.2. The summed E-state index contributed by atoms with van der Waals surface area (Å²) in [6, 6.07) is 24.9. The molecule has 0 spiro atoms. The number of hydroxylamine groups is 1. The van der Waals surface area contributed by atoms with Crippen molar-refractivity contribution in [2.24, 2.45) is 0 Å². The van der Waals surface area contributed by atoms with Crippen LogP contribution in [0.15, 0.2) is 85.4 Å². The predicted octanol–water partition coefficient (Wildman–Crippen LogP) is 6.93. The number of carbonyl (C=O) groups is 1. The fourth-order valence-electron chi connectivity index (χ4n) is 3.84. The summed E-state index contributed by atoms with van der Waals surface area (Å²) in [5, 5.41) is 0.706. The minimum absolute atomic E-state index is 0.0562. The summed E-state index contributed by atoms with van der Waals surface area (Å²) < 4.78 is 5.78. The molecule has 5 nitrogen and oxygen atoms in total. The number of carbonyl (C=O) groups excluding carboxylic acids is 1. The quantitative estimate of drug-likeness (QED) is 0.299. The summed E-state index contributed by atoms with van der Waals surface area (Å²) in [7, 11) is 0. The number of nitrogens with one attached hydrogen (secondary N) is 1. The lowest BCUT2D eigenvalue weighted by Gasteiger charge is -2.19. The molecule has 1 aromatic heterocycles. The van der Waals surface area contributed by atoms with Gasteiger partial charge in [0.05, 0.1) is 29.1 Å². The zero-order valence-corrected chi connectivity index (χ0v) is 20.6. The fourth-order valence-corrected chi connectivity index (χ4v) is 3.84. The number of pyridine rings is 1. The Hall–Kier alpha value is -4.12. The second kappa shape index (κ2) is 10.0. The third kappa shape index (κ3) is 5.35. The highest BCUT2D eigenvalue weighted by atomic mass is 16.7. The second-order valence-corrected chi connectivity index (χ2v) is 9.30. The first-order chi connectivity index (χ1) is 16.8. The lowest BCUT2D eigenvalue weighted by atomic mass is 9.86. The van der Waals surface area contributed by atoms with Gasteiger partial charge in [0.15, 0.2) is 0 Å². The summed E-state index contributed by atoms with van der Waals surface area (Å²) in [4.78, 5) is 23.4. The standard InChI is InChI=1S/C30H30N2O3/c1-6-34-28-14-10-8-12-24(28)27-19-25(23-11-7-9-13-26(23)31-27)29(33)35-32-20(2)21-15-17-22(18-16-21)30(3,4)5/h7-19,32H,2,6H2,1,3-5H3. The molecule has 1 N–H and O–H groups in total. The first-order valence-electron chi connectivity index (χ1n) is 11.7. The van der Waals surface area contributed by atoms with Crippen LogP contribution in [0, 0.1) is 0 Å². The predicted molar refractivity (Wildman–Crippen MR) is 141 cm³/mol.